The summed E-state index contributed by atoms with van der Waals surface area (Å²) in [5.74, 6) is 1.60. The molecule has 0 bridgehead atoms. The molecule has 0 aromatic carbocycles. The third-order valence-electron chi connectivity index (χ3n) is 4.16. The SMILES string of the molecule is CCNC(=NCCc1nc(C(C)(C)C)cs1)N(C)CC1CCOC1.I. The van der Waals surface area contributed by atoms with Gasteiger partial charge in [-0.15, -0.1) is 35.3 Å². The molecule has 1 aliphatic rings. The van der Waals surface area contributed by atoms with E-state index in [-0.39, 0.29) is 29.4 Å². The van der Waals surface area contributed by atoms with Gasteiger partial charge in [0.25, 0.3) is 0 Å². The monoisotopic (exact) mass is 480 g/mol. The summed E-state index contributed by atoms with van der Waals surface area (Å²) >= 11 is 1.75. The number of rotatable bonds is 6. The third-order valence-corrected chi connectivity index (χ3v) is 5.07. The molecule has 0 spiro atoms. The Labute approximate surface area is 173 Å². The maximum atomic E-state index is 5.47. The second kappa shape index (κ2) is 10.7. The largest absolute Gasteiger partial charge is 0.381 e. The Kier molecular flexibility index (Phi) is 9.66. The second-order valence-corrected chi connectivity index (χ2v) is 8.41. The van der Waals surface area contributed by atoms with Gasteiger partial charge in [0.1, 0.15) is 0 Å². The number of ether oxygens (including phenoxy) is 1. The van der Waals surface area contributed by atoms with Crippen molar-refractivity contribution in [2.75, 3.05) is 39.9 Å². The molecular weight excluding hydrogens is 447 g/mol. The van der Waals surface area contributed by atoms with Gasteiger partial charge in [0.2, 0.25) is 0 Å². The van der Waals surface area contributed by atoms with Crippen LogP contribution in [0.1, 0.15) is 44.8 Å². The number of nitrogens with zero attached hydrogens (tertiary/aromatic N) is 3. The van der Waals surface area contributed by atoms with Crippen molar-refractivity contribution in [1.82, 2.24) is 15.2 Å². The first kappa shape index (κ1) is 22.6. The normalized spacial score (nSPS) is 18.1. The van der Waals surface area contributed by atoms with Crippen molar-refractivity contribution in [2.24, 2.45) is 10.9 Å². The van der Waals surface area contributed by atoms with E-state index in [1.54, 1.807) is 11.3 Å². The fourth-order valence-electron chi connectivity index (χ4n) is 2.70. The second-order valence-electron chi connectivity index (χ2n) is 7.47. The van der Waals surface area contributed by atoms with Crippen LogP contribution >= 0.6 is 35.3 Å². The summed E-state index contributed by atoms with van der Waals surface area (Å²) in [6.45, 7) is 13.1. The minimum absolute atomic E-state index is 0. The van der Waals surface area contributed by atoms with Gasteiger partial charge < -0.3 is 15.0 Å². The molecule has 144 valence electrons. The quantitative estimate of drug-likeness (QED) is 0.385. The van der Waals surface area contributed by atoms with Gasteiger partial charge in [-0.05, 0) is 13.3 Å². The number of hydrogen-bond acceptors (Lipinski definition) is 4. The lowest BCUT2D eigenvalue weighted by Gasteiger charge is -2.24. The van der Waals surface area contributed by atoms with E-state index < -0.39 is 0 Å². The maximum Gasteiger partial charge on any atom is 0.193 e. The maximum absolute atomic E-state index is 5.47. The van der Waals surface area contributed by atoms with Crippen LogP contribution in [0.15, 0.2) is 10.4 Å². The van der Waals surface area contributed by atoms with Crippen LogP contribution in [0.3, 0.4) is 0 Å². The van der Waals surface area contributed by atoms with Crippen LogP contribution in [-0.2, 0) is 16.6 Å². The molecule has 0 saturated carbocycles. The first-order chi connectivity index (χ1) is 11.4. The molecule has 25 heavy (non-hydrogen) atoms. The highest BCUT2D eigenvalue weighted by molar-refractivity contribution is 14.0. The number of halogens is 1. The molecular formula is C18H33IN4OS. The van der Waals surface area contributed by atoms with Gasteiger partial charge >= 0.3 is 0 Å². The lowest BCUT2D eigenvalue weighted by atomic mass is 9.93. The van der Waals surface area contributed by atoms with Crippen LogP contribution in [0, 0.1) is 5.92 Å². The summed E-state index contributed by atoms with van der Waals surface area (Å²) in [5, 5.41) is 6.74. The van der Waals surface area contributed by atoms with Crippen molar-refractivity contribution in [3.63, 3.8) is 0 Å². The Morgan fingerprint density at radius 3 is 2.80 bits per heavy atom. The lowest BCUT2D eigenvalue weighted by Crippen LogP contribution is -2.41. The van der Waals surface area contributed by atoms with Gasteiger partial charge in [-0.2, -0.15) is 0 Å². The molecule has 2 rings (SSSR count). The van der Waals surface area contributed by atoms with Crippen molar-refractivity contribution >= 4 is 41.3 Å². The summed E-state index contributed by atoms with van der Waals surface area (Å²) in [4.78, 5) is 11.8. The molecule has 0 amide bonds. The Morgan fingerprint density at radius 2 is 2.24 bits per heavy atom. The summed E-state index contributed by atoms with van der Waals surface area (Å²) < 4.78 is 5.47. The lowest BCUT2D eigenvalue weighted by molar-refractivity contribution is 0.181. The molecule has 0 aliphatic carbocycles. The van der Waals surface area contributed by atoms with Gasteiger partial charge in [0, 0.05) is 56.4 Å². The fourth-order valence-corrected chi connectivity index (χ4v) is 3.71. The van der Waals surface area contributed by atoms with Crippen molar-refractivity contribution < 1.29 is 4.74 Å². The molecule has 1 N–H and O–H groups in total. The highest BCUT2D eigenvalue weighted by Crippen LogP contribution is 2.24. The topological polar surface area (TPSA) is 49.8 Å². The van der Waals surface area contributed by atoms with Crippen molar-refractivity contribution in [3.8, 4) is 0 Å². The number of hydrogen-bond donors (Lipinski definition) is 1. The van der Waals surface area contributed by atoms with Gasteiger partial charge in [-0.3, -0.25) is 4.99 Å². The average Bonchev–Trinajstić information content (AvgIpc) is 3.17. The van der Waals surface area contributed by atoms with E-state index in [0.717, 1.165) is 51.6 Å². The van der Waals surface area contributed by atoms with Gasteiger partial charge in [-0.1, -0.05) is 20.8 Å². The van der Waals surface area contributed by atoms with Crippen LogP contribution in [0.5, 0.6) is 0 Å². The number of thiazole rings is 1. The molecule has 1 aliphatic heterocycles. The third kappa shape index (κ3) is 7.38. The molecule has 1 atom stereocenters. The molecule has 1 aromatic rings. The van der Waals surface area contributed by atoms with E-state index in [0.29, 0.717) is 5.92 Å². The summed E-state index contributed by atoms with van der Waals surface area (Å²) in [5.41, 5.74) is 1.30. The smallest absolute Gasteiger partial charge is 0.193 e. The minimum atomic E-state index is 0. The predicted octanol–water partition coefficient (Wildman–Crippen LogP) is 3.53. The van der Waals surface area contributed by atoms with E-state index in [9.17, 15) is 0 Å². The van der Waals surface area contributed by atoms with Crippen molar-refractivity contribution in [1.29, 1.82) is 0 Å². The zero-order valence-corrected chi connectivity index (χ0v) is 19.3. The minimum Gasteiger partial charge on any atom is -0.381 e. The summed E-state index contributed by atoms with van der Waals surface area (Å²) in [6, 6.07) is 0. The molecule has 7 heteroatoms. The fraction of sp³-hybridized carbons (Fsp3) is 0.778. The number of guanidine groups is 1. The summed E-state index contributed by atoms with van der Waals surface area (Å²) in [6.07, 6.45) is 2.05. The zero-order chi connectivity index (χ0) is 17.6. The molecule has 2 heterocycles. The van der Waals surface area contributed by atoms with Crippen molar-refractivity contribution in [3.05, 3.63) is 16.1 Å². The molecule has 1 unspecified atom stereocenters. The van der Waals surface area contributed by atoms with Gasteiger partial charge in [0.15, 0.2) is 5.96 Å². The Balaban J connectivity index is 0.00000312. The van der Waals surface area contributed by atoms with Crippen LogP contribution in [-0.4, -0.2) is 55.7 Å². The Morgan fingerprint density at radius 1 is 1.48 bits per heavy atom. The van der Waals surface area contributed by atoms with Crippen molar-refractivity contribution in [2.45, 2.75) is 46.0 Å². The Hall–Kier alpha value is -0.410. The molecule has 0 radical (unpaired) electrons. The zero-order valence-electron chi connectivity index (χ0n) is 16.2. The molecule has 1 saturated heterocycles. The van der Waals surface area contributed by atoms with Gasteiger partial charge in [-0.25, -0.2) is 4.98 Å². The highest BCUT2D eigenvalue weighted by Gasteiger charge is 2.19. The first-order valence-electron chi connectivity index (χ1n) is 8.92. The number of nitrogens with one attached hydrogen (secondary N) is 1. The van der Waals surface area contributed by atoms with Gasteiger partial charge in [0.05, 0.1) is 17.3 Å². The number of aromatic nitrogens is 1. The van der Waals surface area contributed by atoms with E-state index >= 15 is 0 Å². The molecule has 1 fully saturated rings. The molecule has 5 nitrogen and oxygen atoms in total. The standard InChI is InChI=1S/C18H32N4OS.HI/c1-6-19-17(22(5)11-14-8-10-23-12-14)20-9-7-16-21-15(13-24-16)18(2,3)4;/h13-14H,6-12H2,1-5H3,(H,19,20);1H. The molecule has 1 aromatic heterocycles. The van der Waals surface area contributed by atoms with E-state index in [1.807, 2.05) is 0 Å². The first-order valence-corrected chi connectivity index (χ1v) is 9.80. The number of aliphatic imine (C=N–C) groups is 1. The Bertz CT molecular complexity index is 535. The van der Waals surface area contributed by atoms with E-state index in [2.05, 4.69) is 50.3 Å². The average molecular weight is 480 g/mol. The van der Waals surface area contributed by atoms with Crippen LogP contribution < -0.4 is 5.32 Å². The highest BCUT2D eigenvalue weighted by atomic mass is 127. The van der Waals surface area contributed by atoms with Crippen LogP contribution in [0.4, 0.5) is 0 Å². The van der Waals surface area contributed by atoms with E-state index in [4.69, 9.17) is 14.7 Å². The predicted molar refractivity (Wildman–Crippen MR) is 117 cm³/mol. The van der Waals surface area contributed by atoms with E-state index in [1.165, 1.54) is 10.7 Å². The van der Waals surface area contributed by atoms with Crippen LogP contribution in [0.2, 0.25) is 0 Å². The van der Waals surface area contributed by atoms with Crippen LogP contribution in [0.25, 0.3) is 0 Å². The summed E-state index contributed by atoms with van der Waals surface area (Å²) in [7, 11) is 2.11.